The van der Waals surface area contributed by atoms with Crippen molar-refractivity contribution in [2.24, 2.45) is 0 Å². The minimum absolute atomic E-state index is 0.0419. The number of aliphatic hydroxyl groups is 1. The van der Waals surface area contributed by atoms with Crippen molar-refractivity contribution in [3.8, 4) is 0 Å². The molecule has 1 aliphatic heterocycles. The van der Waals surface area contributed by atoms with Gasteiger partial charge in [-0.3, -0.25) is 0 Å². The highest BCUT2D eigenvalue weighted by atomic mass is 16.7. The molecule has 0 aromatic heterocycles. The molecule has 5 nitrogen and oxygen atoms in total. The van der Waals surface area contributed by atoms with Gasteiger partial charge in [0.2, 0.25) is 0 Å². The fraction of sp³-hybridized carbons (Fsp3) is 0.889. The van der Waals surface area contributed by atoms with Gasteiger partial charge in [-0.1, -0.05) is 0 Å². The predicted molar refractivity (Wildman–Crippen MR) is 47.8 cm³/mol. The quantitative estimate of drug-likeness (QED) is 0.694. The van der Waals surface area contributed by atoms with Gasteiger partial charge in [0.1, 0.15) is 0 Å². The molecular weight excluding hydrogens is 188 g/mol. The first kappa shape index (κ1) is 11.4. The summed E-state index contributed by atoms with van der Waals surface area (Å²) in [5, 5.41) is 18.1. The molecule has 14 heavy (non-hydrogen) atoms. The first-order valence-corrected chi connectivity index (χ1v) is 4.71. The second-order valence-corrected chi connectivity index (χ2v) is 3.70. The van der Waals surface area contributed by atoms with Crippen LogP contribution in [0.1, 0.15) is 26.7 Å². The Hall–Kier alpha value is -0.650. The minimum Gasteiger partial charge on any atom is -0.479 e. The molecule has 1 rings (SSSR count). The SMILES string of the molecule is CC(C)O[C@H]1C[C@@H](O)C[C@@H](C(=O)O)O1. The van der Waals surface area contributed by atoms with Gasteiger partial charge in [-0.15, -0.1) is 0 Å². The zero-order valence-electron chi connectivity index (χ0n) is 8.34. The van der Waals surface area contributed by atoms with E-state index in [2.05, 4.69) is 0 Å². The average molecular weight is 204 g/mol. The smallest absolute Gasteiger partial charge is 0.333 e. The van der Waals surface area contributed by atoms with E-state index in [1.165, 1.54) is 0 Å². The average Bonchev–Trinajstić information content (AvgIpc) is 2.01. The number of carboxylic acid groups (broad SMARTS) is 1. The number of ether oxygens (including phenoxy) is 2. The van der Waals surface area contributed by atoms with Crippen molar-refractivity contribution in [1.82, 2.24) is 0 Å². The van der Waals surface area contributed by atoms with E-state index in [-0.39, 0.29) is 12.5 Å². The number of hydrogen-bond donors (Lipinski definition) is 2. The van der Waals surface area contributed by atoms with E-state index in [4.69, 9.17) is 14.6 Å². The lowest BCUT2D eigenvalue weighted by Crippen LogP contribution is -2.41. The molecule has 0 bridgehead atoms. The van der Waals surface area contributed by atoms with E-state index in [0.717, 1.165) is 0 Å². The Morgan fingerprint density at radius 2 is 2.14 bits per heavy atom. The number of aliphatic hydroxyl groups excluding tert-OH is 1. The zero-order valence-corrected chi connectivity index (χ0v) is 8.34. The molecule has 3 atom stereocenters. The van der Waals surface area contributed by atoms with E-state index < -0.39 is 24.5 Å². The Kier molecular flexibility index (Phi) is 3.86. The van der Waals surface area contributed by atoms with Crippen molar-refractivity contribution in [2.45, 2.75) is 51.3 Å². The van der Waals surface area contributed by atoms with Crippen molar-refractivity contribution in [3.63, 3.8) is 0 Å². The van der Waals surface area contributed by atoms with Crippen LogP contribution < -0.4 is 0 Å². The monoisotopic (exact) mass is 204 g/mol. The van der Waals surface area contributed by atoms with Gasteiger partial charge in [0.15, 0.2) is 12.4 Å². The van der Waals surface area contributed by atoms with Crippen molar-refractivity contribution < 1.29 is 24.5 Å². The summed E-state index contributed by atoms with van der Waals surface area (Å²) >= 11 is 0. The summed E-state index contributed by atoms with van der Waals surface area (Å²) in [6.07, 6.45) is -1.80. The first-order valence-electron chi connectivity index (χ1n) is 4.71. The fourth-order valence-corrected chi connectivity index (χ4v) is 1.41. The largest absolute Gasteiger partial charge is 0.479 e. The molecule has 1 aliphatic rings. The third-order valence-corrected chi connectivity index (χ3v) is 1.97. The van der Waals surface area contributed by atoms with Crippen LogP contribution in [0.25, 0.3) is 0 Å². The summed E-state index contributed by atoms with van der Waals surface area (Å²) < 4.78 is 10.4. The topological polar surface area (TPSA) is 76.0 Å². The Morgan fingerprint density at radius 1 is 1.50 bits per heavy atom. The molecule has 0 spiro atoms. The third kappa shape index (κ3) is 3.25. The lowest BCUT2D eigenvalue weighted by Gasteiger charge is -2.31. The summed E-state index contributed by atoms with van der Waals surface area (Å²) in [5.74, 6) is -1.05. The van der Waals surface area contributed by atoms with Crippen molar-refractivity contribution in [2.75, 3.05) is 0 Å². The van der Waals surface area contributed by atoms with Crippen LogP contribution >= 0.6 is 0 Å². The van der Waals surface area contributed by atoms with Gasteiger partial charge in [0.25, 0.3) is 0 Å². The van der Waals surface area contributed by atoms with Crippen molar-refractivity contribution in [3.05, 3.63) is 0 Å². The van der Waals surface area contributed by atoms with Crippen LogP contribution in [0.3, 0.4) is 0 Å². The van der Waals surface area contributed by atoms with Gasteiger partial charge >= 0.3 is 5.97 Å². The maximum atomic E-state index is 10.6. The number of carbonyl (C=O) groups is 1. The highest BCUT2D eigenvalue weighted by molar-refractivity contribution is 5.72. The molecule has 82 valence electrons. The summed E-state index contributed by atoms with van der Waals surface area (Å²) in [4.78, 5) is 10.6. The molecule has 0 aliphatic carbocycles. The molecule has 2 N–H and O–H groups in total. The second-order valence-electron chi connectivity index (χ2n) is 3.70. The van der Waals surface area contributed by atoms with Gasteiger partial charge in [-0.25, -0.2) is 4.79 Å². The van der Waals surface area contributed by atoms with E-state index in [0.29, 0.717) is 6.42 Å². The maximum Gasteiger partial charge on any atom is 0.333 e. The van der Waals surface area contributed by atoms with Crippen LogP contribution in [-0.4, -0.2) is 40.8 Å². The van der Waals surface area contributed by atoms with E-state index >= 15 is 0 Å². The normalized spacial score (nSPS) is 33.3. The van der Waals surface area contributed by atoms with Gasteiger partial charge in [-0.2, -0.15) is 0 Å². The molecule has 5 heteroatoms. The van der Waals surface area contributed by atoms with Crippen LogP contribution in [0.5, 0.6) is 0 Å². The van der Waals surface area contributed by atoms with E-state index in [1.807, 2.05) is 13.8 Å². The summed E-state index contributed by atoms with van der Waals surface area (Å²) in [6, 6.07) is 0. The van der Waals surface area contributed by atoms with E-state index in [9.17, 15) is 9.90 Å². The maximum absolute atomic E-state index is 10.6. The van der Waals surface area contributed by atoms with Crippen LogP contribution in [0.15, 0.2) is 0 Å². The van der Waals surface area contributed by atoms with Gasteiger partial charge in [-0.05, 0) is 13.8 Å². The number of carboxylic acids is 1. The predicted octanol–water partition coefficient (Wildman–Crippen LogP) is 0.362. The van der Waals surface area contributed by atoms with Crippen molar-refractivity contribution in [1.29, 1.82) is 0 Å². The van der Waals surface area contributed by atoms with E-state index in [1.54, 1.807) is 0 Å². The molecule has 0 saturated carbocycles. The first-order chi connectivity index (χ1) is 6.49. The Labute approximate surface area is 82.6 Å². The second kappa shape index (κ2) is 4.72. The molecule has 0 aromatic carbocycles. The summed E-state index contributed by atoms with van der Waals surface area (Å²) in [5.41, 5.74) is 0. The Morgan fingerprint density at radius 3 is 2.64 bits per heavy atom. The Bertz CT molecular complexity index is 201. The molecule has 0 aromatic rings. The molecular formula is C9H16O5. The zero-order chi connectivity index (χ0) is 10.7. The lowest BCUT2D eigenvalue weighted by molar-refractivity contribution is -0.232. The minimum atomic E-state index is -1.05. The van der Waals surface area contributed by atoms with Crippen LogP contribution in [0, 0.1) is 0 Å². The van der Waals surface area contributed by atoms with Gasteiger partial charge < -0.3 is 19.7 Å². The lowest BCUT2D eigenvalue weighted by atomic mass is 10.1. The molecule has 1 heterocycles. The molecule has 0 radical (unpaired) electrons. The van der Waals surface area contributed by atoms with Crippen LogP contribution in [0.4, 0.5) is 0 Å². The fourth-order valence-electron chi connectivity index (χ4n) is 1.41. The molecule has 1 fully saturated rings. The van der Waals surface area contributed by atoms with Gasteiger partial charge in [0.05, 0.1) is 12.2 Å². The van der Waals surface area contributed by atoms with Gasteiger partial charge in [0, 0.05) is 12.8 Å². The highest BCUT2D eigenvalue weighted by Gasteiger charge is 2.33. The number of aliphatic carboxylic acids is 1. The van der Waals surface area contributed by atoms with Crippen LogP contribution in [0.2, 0.25) is 0 Å². The standard InChI is InChI=1S/C9H16O5/c1-5(2)13-8-4-6(10)3-7(14-8)9(11)12/h5-8,10H,3-4H2,1-2H3,(H,11,12)/t6-,7-,8+/m0/s1. The highest BCUT2D eigenvalue weighted by Crippen LogP contribution is 2.21. The molecule has 1 saturated heterocycles. The van der Waals surface area contributed by atoms with Crippen molar-refractivity contribution >= 4 is 5.97 Å². The Balaban J connectivity index is 2.49. The number of rotatable bonds is 3. The third-order valence-electron chi connectivity index (χ3n) is 1.97. The number of hydrogen-bond acceptors (Lipinski definition) is 4. The summed E-state index contributed by atoms with van der Waals surface area (Å²) in [6.45, 7) is 3.67. The molecule has 0 unspecified atom stereocenters. The molecule has 0 amide bonds. The summed E-state index contributed by atoms with van der Waals surface area (Å²) in [7, 11) is 0. The van der Waals surface area contributed by atoms with Crippen LogP contribution in [-0.2, 0) is 14.3 Å².